The number of hydrogen-bond acceptors (Lipinski definition) is 1. The van der Waals surface area contributed by atoms with Gasteiger partial charge in [0.2, 0.25) is 0 Å². The summed E-state index contributed by atoms with van der Waals surface area (Å²) in [6.45, 7) is 12.7. The van der Waals surface area contributed by atoms with Gasteiger partial charge in [-0.25, -0.2) is 9.98 Å². The second kappa shape index (κ2) is 15.9. The fraction of sp³-hybridized carbons (Fsp3) is 0. The molecule has 3 heteroatoms. The quantitative estimate of drug-likeness (QED) is 0.0890. The van der Waals surface area contributed by atoms with Gasteiger partial charge in [0.1, 0.15) is 5.84 Å². The number of nitrogens with two attached hydrogens (primary N) is 1. The van der Waals surface area contributed by atoms with Crippen molar-refractivity contribution in [1.29, 1.82) is 0 Å². The van der Waals surface area contributed by atoms with Crippen LogP contribution in [0.3, 0.4) is 0 Å². The fourth-order valence-corrected chi connectivity index (χ4v) is 8.04. The molecule has 9 aromatic rings. The van der Waals surface area contributed by atoms with Gasteiger partial charge in [-0.1, -0.05) is 196 Å². The first-order valence-corrected chi connectivity index (χ1v) is 19.7. The van der Waals surface area contributed by atoms with Crippen LogP contribution in [0.1, 0.15) is 27.8 Å². The lowest BCUT2D eigenvalue weighted by molar-refractivity contribution is 1.43. The summed E-state index contributed by atoms with van der Waals surface area (Å²) >= 11 is 0. The van der Waals surface area contributed by atoms with Gasteiger partial charge in [0.05, 0.1) is 5.70 Å². The molecule has 9 rings (SSSR count). The summed E-state index contributed by atoms with van der Waals surface area (Å²) in [5.41, 5.74) is 18.8. The molecule has 0 fully saturated rings. The van der Waals surface area contributed by atoms with Crippen LogP contribution in [0.4, 0.5) is 0 Å². The smallest absolute Gasteiger partial charge is 0.162 e. The summed E-state index contributed by atoms with van der Waals surface area (Å²) in [7, 11) is 0. The van der Waals surface area contributed by atoms with Crippen molar-refractivity contribution in [2.45, 2.75) is 0 Å². The molecule has 0 heterocycles. The number of amidine groups is 2. The zero-order valence-electron chi connectivity index (χ0n) is 32.6. The molecule has 0 radical (unpaired) electrons. The number of aliphatic imine (C=N–C) groups is 2. The Kier molecular flexibility index (Phi) is 9.92. The molecular formula is C56H41N3. The maximum absolute atomic E-state index is 7.09. The summed E-state index contributed by atoms with van der Waals surface area (Å²) in [4.78, 5) is 10.0. The Morgan fingerprint density at radius 2 is 0.983 bits per heavy atom. The SMILES string of the molecule is C=Cc1c(C=C)c2cccc(-c3cc(C(N)=NC(=NC(=C)c4ccccc4)c4ccccc4)cc(-c4ccc(-c5ccc6ccccc6c5)cc4)c3)c2c2ccccc12. The molecule has 2 N–H and O–H groups in total. The van der Waals surface area contributed by atoms with Crippen LogP contribution in [-0.4, -0.2) is 11.7 Å². The minimum absolute atomic E-state index is 0.343. The molecule has 0 aliphatic rings. The van der Waals surface area contributed by atoms with Crippen molar-refractivity contribution < 1.29 is 0 Å². The molecule has 0 bridgehead atoms. The number of benzene rings is 9. The molecule has 9 aromatic carbocycles. The van der Waals surface area contributed by atoms with Gasteiger partial charge < -0.3 is 5.73 Å². The Morgan fingerprint density at radius 3 is 1.69 bits per heavy atom. The van der Waals surface area contributed by atoms with Gasteiger partial charge in [0.15, 0.2) is 5.84 Å². The first-order valence-electron chi connectivity index (χ1n) is 19.7. The van der Waals surface area contributed by atoms with Gasteiger partial charge in [-0.15, -0.1) is 0 Å². The summed E-state index contributed by atoms with van der Waals surface area (Å²) in [6, 6.07) is 65.2. The van der Waals surface area contributed by atoms with E-state index in [0.29, 0.717) is 17.4 Å². The first-order chi connectivity index (χ1) is 29.0. The van der Waals surface area contributed by atoms with Gasteiger partial charge >= 0.3 is 0 Å². The van der Waals surface area contributed by atoms with Crippen molar-refractivity contribution in [2.75, 3.05) is 0 Å². The molecular weight excluding hydrogens is 715 g/mol. The maximum Gasteiger partial charge on any atom is 0.162 e. The zero-order chi connectivity index (χ0) is 40.3. The fourth-order valence-electron chi connectivity index (χ4n) is 8.04. The van der Waals surface area contributed by atoms with Crippen LogP contribution in [0.15, 0.2) is 218 Å². The largest absolute Gasteiger partial charge is 0.383 e. The van der Waals surface area contributed by atoms with E-state index in [0.717, 1.165) is 77.2 Å². The number of nitrogens with zero attached hydrogens (tertiary/aromatic N) is 2. The van der Waals surface area contributed by atoms with Crippen LogP contribution in [0.5, 0.6) is 0 Å². The van der Waals surface area contributed by atoms with Crippen LogP contribution < -0.4 is 5.73 Å². The molecule has 0 saturated carbocycles. The lowest BCUT2D eigenvalue weighted by atomic mass is 9.86. The summed E-state index contributed by atoms with van der Waals surface area (Å²) in [5, 5.41) is 6.96. The van der Waals surface area contributed by atoms with Crippen molar-refractivity contribution in [3.05, 3.63) is 236 Å². The predicted octanol–water partition coefficient (Wildman–Crippen LogP) is 14.3. The minimum atomic E-state index is 0.343. The molecule has 59 heavy (non-hydrogen) atoms. The predicted molar refractivity (Wildman–Crippen MR) is 255 cm³/mol. The number of rotatable bonds is 9. The monoisotopic (exact) mass is 755 g/mol. The van der Waals surface area contributed by atoms with E-state index >= 15 is 0 Å². The van der Waals surface area contributed by atoms with E-state index in [4.69, 9.17) is 15.7 Å². The summed E-state index contributed by atoms with van der Waals surface area (Å²) < 4.78 is 0. The lowest BCUT2D eigenvalue weighted by Crippen LogP contribution is -2.17. The second-order valence-corrected chi connectivity index (χ2v) is 14.6. The van der Waals surface area contributed by atoms with Gasteiger partial charge in [-0.2, -0.15) is 0 Å². The average Bonchev–Trinajstić information content (AvgIpc) is 3.30. The number of hydrogen-bond donors (Lipinski definition) is 1. The van der Waals surface area contributed by atoms with Gasteiger partial charge in [-0.05, 0) is 107 Å². The van der Waals surface area contributed by atoms with Crippen LogP contribution in [-0.2, 0) is 0 Å². The lowest BCUT2D eigenvalue weighted by Gasteiger charge is -2.18. The highest BCUT2D eigenvalue weighted by Gasteiger charge is 2.17. The Balaban J connectivity index is 1.24. The molecule has 0 atom stereocenters. The van der Waals surface area contributed by atoms with Crippen LogP contribution in [0.2, 0.25) is 0 Å². The van der Waals surface area contributed by atoms with Crippen LogP contribution in [0.25, 0.3) is 83.5 Å². The molecule has 0 spiro atoms. The van der Waals surface area contributed by atoms with Crippen molar-refractivity contribution in [3.8, 4) is 33.4 Å². The topological polar surface area (TPSA) is 50.7 Å². The molecule has 0 unspecified atom stereocenters. The van der Waals surface area contributed by atoms with Crippen molar-refractivity contribution in [3.63, 3.8) is 0 Å². The Morgan fingerprint density at radius 1 is 0.424 bits per heavy atom. The Bertz CT molecular complexity index is 3140. The minimum Gasteiger partial charge on any atom is -0.383 e. The van der Waals surface area contributed by atoms with E-state index in [1.165, 1.54) is 16.3 Å². The maximum atomic E-state index is 7.09. The standard InChI is InChI=1S/C56H41N3/c1-4-48-49(5-2)52-26-16-25-50(54(52)53-24-15-14-23-51(48)53)46-34-45(41-29-27-40(28-30-41)44-32-31-39-19-12-13-22-43(39)33-44)35-47(36-46)55(57)59-56(42-20-10-7-11-21-42)58-37(3)38-17-8-6-9-18-38/h4-36H,1-3H2,(H2,57,58,59). The Labute approximate surface area is 345 Å². The highest BCUT2D eigenvalue weighted by Crippen LogP contribution is 2.41. The third kappa shape index (κ3) is 7.18. The highest BCUT2D eigenvalue weighted by molar-refractivity contribution is 6.20. The van der Waals surface area contributed by atoms with E-state index in [2.05, 4.69) is 147 Å². The zero-order valence-corrected chi connectivity index (χ0v) is 32.6. The van der Waals surface area contributed by atoms with E-state index in [1.807, 2.05) is 72.8 Å². The molecule has 3 nitrogen and oxygen atoms in total. The van der Waals surface area contributed by atoms with E-state index in [9.17, 15) is 0 Å². The van der Waals surface area contributed by atoms with Gasteiger partial charge in [-0.3, -0.25) is 0 Å². The molecule has 0 aliphatic carbocycles. The molecule has 0 aliphatic heterocycles. The third-order valence-electron chi connectivity index (χ3n) is 11.0. The summed E-state index contributed by atoms with van der Waals surface area (Å²) in [6.07, 6.45) is 3.87. The molecule has 0 amide bonds. The van der Waals surface area contributed by atoms with E-state index in [-0.39, 0.29) is 0 Å². The molecule has 0 aromatic heterocycles. The van der Waals surface area contributed by atoms with Gasteiger partial charge in [0.25, 0.3) is 0 Å². The third-order valence-corrected chi connectivity index (χ3v) is 11.0. The van der Waals surface area contributed by atoms with Crippen LogP contribution >= 0.6 is 0 Å². The first kappa shape index (κ1) is 36.7. The normalized spacial score (nSPS) is 11.9. The highest BCUT2D eigenvalue weighted by atomic mass is 15.0. The average molecular weight is 756 g/mol. The van der Waals surface area contributed by atoms with Gasteiger partial charge in [0, 0.05) is 11.1 Å². The molecule has 0 saturated heterocycles. The Hall–Kier alpha value is -7.88. The number of fused-ring (bicyclic) bond motifs is 4. The molecule has 280 valence electrons. The van der Waals surface area contributed by atoms with Crippen molar-refractivity contribution in [2.24, 2.45) is 15.7 Å². The van der Waals surface area contributed by atoms with Crippen molar-refractivity contribution >= 4 is 61.8 Å². The van der Waals surface area contributed by atoms with E-state index in [1.54, 1.807) is 0 Å². The van der Waals surface area contributed by atoms with Crippen LogP contribution in [0, 0.1) is 0 Å². The van der Waals surface area contributed by atoms with Crippen molar-refractivity contribution in [1.82, 2.24) is 0 Å². The van der Waals surface area contributed by atoms with E-state index < -0.39 is 0 Å². The summed E-state index contributed by atoms with van der Waals surface area (Å²) in [5.74, 6) is 0.822. The second-order valence-electron chi connectivity index (χ2n) is 14.6.